The zero-order chi connectivity index (χ0) is 22.7. The van der Waals surface area contributed by atoms with Gasteiger partial charge < -0.3 is 4.74 Å². The van der Waals surface area contributed by atoms with E-state index in [1.807, 2.05) is 19.1 Å². The summed E-state index contributed by atoms with van der Waals surface area (Å²) < 4.78 is 7.86. The van der Waals surface area contributed by atoms with Gasteiger partial charge >= 0.3 is 0 Å². The Kier molecular flexibility index (Phi) is 8.58. The number of ether oxygens (including phenoxy) is 1. The van der Waals surface area contributed by atoms with Crippen LogP contribution in [0.5, 0.6) is 0 Å². The van der Waals surface area contributed by atoms with Gasteiger partial charge in [0.2, 0.25) is 5.91 Å². The monoisotopic (exact) mass is 491 g/mol. The average Bonchev–Trinajstić information content (AvgIpc) is 3.20. The van der Waals surface area contributed by atoms with Crippen LogP contribution in [0.3, 0.4) is 0 Å². The molecule has 1 aliphatic rings. The maximum absolute atomic E-state index is 13.4. The lowest BCUT2D eigenvalue weighted by Gasteiger charge is -2.27. The SMILES string of the molecule is Cc1ccc2nc(N(CCCN3CCOCC3)C(=O)Cn3cnc(C)c(C)c3=O)sc2c1.Cl. The molecule has 8 nitrogen and oxygen atoms in total. The zero-order valence-electron chi connectivity index (χ0n) is 19.2. The molecular formula is C23H30ClN5O3S. The molecule has 0 spiro atoms. The van der Waals surface area contributed by atoms with Crippen LogP contribution in [0.2, 0.25) is 0 Å². The van der Waals surface area contributed by atoms with Gasteiger partial charge in [0.15, 0.2) is 5.13 Å². The minimum Gasteiger partial charge on any atom is -0.379 e. The molecule has 2 aromatic heterocycles. The summed E-state index contributed by atoms with van der Waals surface area (Å²) in [5, 5.41) is 0.669. The Morgan fingerprint density at radius 2 is 1.97 bits per heavy atom. The van der Waals surface area contributed by atoms with E-state index in [4.69, 9.17) is 9.72 Å². The van der Waals surface area contributed by atoms with Crippen LogP contribution in [-0.4, -0.2) is 64.7 Å². The number of carbonyl (C=O) groups excluding carboxylic acids is 1. The Bertz CT molecular complexity index is 1170. The molecule has 3 heterocycles. The second-order valence-corrected chi connectivity index (χ2v) is 9.22. The van der Waals surface area contributed by atoms with Crippen molar-refractivity contribution in [3.8, 4) is 0 Å². The molecule has 33 heavy (non-hydrogen) atoms. The van der Waals surface area contributed by atoms with Crippen molar-refractivity contribution in [3.63, 3.8) is 0 Å². The van der Waals surface area contributed by atoms with Crippen LogP contribution in [0.1, 0.15) is 23.2 Å². The molecule has 3 aromatic rings. The predicted molar refractivity (Wildman–Crippen MR) is 134 cm³/mol. The molecule has 1 aliphatic heterocycles. The standard InChI is InChI=1S/C23H29N5O3S.ClH/c1-16-5-6-19-20(13-16)32-23(25-19)28(8-4-7-26-9-11-31-12-10-26)21(29)14-27-15-24-18(3)17(2)22(27)30;/h5-6,13,15H,4,7-12,14H2,1-3H3;1H. The lowest BCUT2D eigenvalue weighted by molar-refractivity contribution is -0.119. The van der Waals surface area contributed by atoms with Crippen LogP contribution in [0.4, 0.5) is 5.13 Å². The number of anilines is 1. The average molecular weight is 492 g/mol. The number of halogens is 1. The van der Waals surface area contributed by atoms with Crippen molar-refractivity contribution in [2.45, 2.75) is 33.7 Å². The number of aryl methyl sites for hydroxylation is 2. The van der Waals surface area contributed by atoms with E-state index >= 15 is 0 Å². The number of rotatable bonds is 7. The first-order valence-electron chi connectivity index (χ1n) is 10.9. The van der Waals surface area contributed by atoms with Gasteiger partial charge in [-0.1, -0.05) is 17.4 Å². The summed E-state index contributed by atoms with van der Waals surface area (Å²) in [5.41, 5.74) is 3.11. The van der Waals surface area contributed by atoms with E-state index < -0.39 is 0 Å². The normalized spacial score (nSPS) is 14.3. The number of amides is 1. The Morgan fingerprint density at radius 3 is 2.73 bits per heavy atom. The van der Waals surface area contributed by atoms with Gasteiger partial charge in [0.05, 0.1) is 29.8 Å². The molecule has 0 saturated carbocycles. The maximum Gasteiger partial charge on any atom is 0.256 e. The van der Waals surface area contributed by atoms with E-state index in [0.29, 0.717) is 22.9 Å². The van der Waals surface area contributed by atoms with Gasteiger partial charge in [-0.15, -0.1) is 12.4 Å². The van der Waals surface area contributed by atoms with Crippen molar-refractivity contribution < 1.29 is 9.53 Å². The summed E-state index contributed by atoms with van der Waals surface area (Å²) in [6, 6.07) is 6.10. The van der Waals surface area contributed by atoms with Gasteiger partial charge in [-0.25, -0.2) is 9.97 Å². The van der Waals surface area contributed by atoms with Crippen LogP contribution < -0.4 is 10.5 Å². The van der Waals surface area contributed by atoms with E-state index in [2.05, 4.69) is 16.0 Å². The first-order chi connectivity index (χ1) is 15.4. The first-order valence-corrected chi connectivity index (χ1v) is 11.7. The largest absolute Gasteiger partial charge is 0.379 e. The number of carbonyl (C=O) groups is 1. The highest BCUT2D eigenvalue weighted by Crippen LogP contribution is 2.30. The molecule has 1 amide bonds. The molecule has 178 valence electrons. The van der Waals surface area contributed by atoms with Crippen molar-refractivity contribution in [3.05, 3.63) is 51.7 Å². The van der Waals surface area contributed by atoms with Crippen molar-refractivity contribution in [1.82, 2.24) is 19.4 Å². The van der Waals surface area contributed by atoms with E-state index in [1.165, 1.54) is 22.2 Å². The lowest BCUT2D eigenvalue weighted by atomic mass is 10.2. The van der Waals surface area contributed by atoms with Gasteiger partial charge in [-0.2, -0.15) is 0 Å². The Morgan fingerprint density at radius 1 is 1.21 bits per heavy atom. The smallest absolute Gasteiger partial charge is 0.256 e. The van der Waals surface area contributed by atoms with Crippen molar-refractivity contribution in [2.24, 2.45) is 0 Å². The number of morpholine rings is 1. The number of hydrogen-bond acceptors (Lipinski definition) is 7. The first kappa shape index (κ1) is 25.3. The van der Waals surface area contributed by atoms with E-state index in [0.717, 1.165) is 55.0 Å². The number of nitrogens with zero attached hydrogens (tertiary/aromatic N) is 5. The molecule has 0 bridgehead atoms. The third-order valence-corrected chi connectivity index (χ3v) is 6.89. The summed E-state index contributed by atoms with van der Waals surface area (Å²) in [6.45, 7) is 10.3. The van der Waals surface area contributed by atoms with Gasteiger partial charge in [-0.3, -0.25) is 24.0 Å². The summed E-state index contributed by atoms with van der Waals surface area (Å²) in [7, 11) is 0. The molecule has 0 atom stereocenters. The summed E-state index contributed by atoms with van der Waals surface area (Å²) >= 11 is 1.51. The Labute approximate surface area is 203 Å². The molecule has 0 unspecified atom stereocenters. The van der Waals surface area contributed by atoms with Gasteiger partial charge in [-0.05, 0) is 44.9 Å². The van der Waals surface area contributed by atoms with Gasteiger partial charge in [0.25, 0.3) is 5.56 Å². The quantitative estimate of drug-likeness (QED) is 0.505. The van der Waals surface area contributed by atoms with Gasteiger partial charge in [0.1, 0.15) is 6.54 Å². The van der Waals surface area contributed by atoms with E-state index in [-0.39, 0.29) is 30.4 Å². The molecule has 10 heteroatoms. The fraction of sp³-hybridized carbons (Fsp3) is 0.478. The minimum atomic E-state index is -0.181. The van der Waals surface area contributed by atoms with Crippen molar-refractivity contribution >= 4 is 45.0 Å². The summed E-state index contributed by atoms with van der Waals surface area (Å²) in [4.78, 5) is 39.0. The molecule has 0 N–H and O–H groups in total. The molecular weight excluding hydrogens is 462 g/mol. The topological polar surface area (TPSA) is 80.6 Å². The Balaban J connectivity index is 0.00000306. The number of hydrogen-bond donors (Lipinski definition) is 0. The molecule has 0 radical (unpaired) electrons. The van der Waals surface area contributed by atoms with E-state index in [9.17, 15) is 9.59 Å². The second-order valence-electron chi connectivity index (χ2n) is 8.21. The molecule has 1 aromatic carbocycles. The fourth-order valence-electron chi connectivity index (χ4n) is 3.76. The van der Waals surface area contributed by atoms with Crippen LogP contribution >= 0.6 is 23.7 Å². The maximum atomic E-state index is 13.4. The summed E-state index contributed by atoms with van der Waals surface area (Å²) in [5.74, 6) is -0.157. The minimum absolute atomic E-state index is 0. The van der Waals surface area contributed by atoms with Crippen LogP contribution in [0.15, 0.2) is 29.3 Å². The highest BCUT2D eigenvalue weighted by molar-refractivity contribution is 7.22. The molecule has 4 rings (SSSR count). The van der Waals surface area contributed by atoms with Crippen LogP contribution in [0, 0.1) is 20.8 Å². The number of benzene rings is 1. The second kappa shape index (κ2) is 11.2. The predicted octanol–water partition coefficient (Wildman–Crippen LogP) is 2.96. The number of fused-ring (bicyclic) bond motifs is 1. The molecule has 0 aliphatic carbocycles. The van der Waals surface area contributed by atoms with Crippen LogP contribution in [-0.2, 0) is 16.1 Å². The van der Waals surface area contributed by atoms with Crippen LogP contribution in [0.25, 0.3) is 10.2 Å². The third-order valence-electron chi connectivity index (χ3n) is 5.85. The Hall–Kier alpha value is -2.33. The summed E-state index contributed by atoms with van der Waals surface area (Å²) in [6.07, 6.45) is 2.27. The van der Waals surface area contributed by atoms with Crippen molar-refractivity contribution in [1.29, 1.82) is 0 Å². The fourth-order valence-corrected chi connectivity index (χ4v) is 4.87. The van der Waals surface area contributed by atoms with Gasteiger partial charge in [0, 0.05) is 37.4 Å². The third kappa shape index (κ3) is 5.97. The lowest BCUT2D eigenvalue weighted by Crippen LogP contribution is -2.41. The number of thiazole rings is 1. The number of aromatic nitrogens is 3. The zero-order valence-corrected chi connectivity index (χ0v) is 20.9. The molecule has 1 fully saturated rings. The molecule has 1 saturated heterocycles. The van der Waals surface area contributed by atoms with E-state index in [1.54, 1.807) is 18.7 Å². The van der Waals surface area contributed by atoms with Crippen molar-refractivity contribution in [2.75, 3.05) is 44.3 Å². The highest BCUT2D eigenvalue weighted by Gasteiger charge is 2.22. The highest BCUT2D eigenvalue weighted by atomic mass is 35.5.